The van der Waals surface area contributed by atoms with Gasteiger partial charge < -0.3 is 4.74 Å². The van der Waals surface area contributed by atoms with E-state index in [1.807, 2.05) is 32.0 Å². The molecule has 0 aliphatic carbocycles. The van der Waals surface area contributed by atoms with Gasteiger partial charge in [0.1, 0.15) is 5.60 Å². The summed E-state index contributed by atoms with van der Waals surface area (Å²) in [7, 11) is 0. The molecule has 1 heteroatoms. The second-order valence-electron chi connectivity index (χ2n) is 2.89. The fourth-order valence-electron chi connectivity index (χ4n) is 1.07. The summed E-state index contributed by atoms with van der Waals surface area (Å²) in [5.41, 5.74) is 1.33. The molecule has 1 heterocycles. The van der Waals surface area contributed by atoms with E-state index in [2.05, 4.69) is 19.1 Å². The van der Waals surface area contributed by atoms with E-state index >= 15 is 0 Å². The summed E-state index contributed by atoms with van der Waals surface area (Å²) < 4.78 is 5.28. The van der Waals surface area contributed by atoms with Gasteiger partial charge in [-0.05, 0) is 12.5 Å². The quantitative estimate of drug-likeness (QED) is 0.581. The Morgan fingerprint density at radius 2 is 1.67 bits per heavy atom. The smallest absolute Gasteiger partial charge is 0.114 e. The molecule has 1 aromatic carbocycles. The summed E-state index contributed by atoms with van der Waals surface area (Å²) in [4.78, 5) is 0. The third-order valence-electron chi connectivity index (χ3n) is 1.96. The Morgan fingerprint density at radius 3 is 2.08 bits per heavy atom. The molecule has 0 radical (unpaired) electrons. The van der Waals surface area contributed by atoms with E-state index in [1.54, 1.807) is 0 Å². The van der Waals surface area contributed by atoms with Gasteiger partial charge in [-0.1, -0.05) is 44.2 Å². The molecule has 0 spiro atoms. The zero-order valence-corrected chi connectivity index (χ0v) is 8.00. The zero-order valence-electron chi connectivity index (χ0n) is 8.00. The number of hydrogen-bond donors (Lipinski definition) is 0. The summed E-state index contributed by atoms with van der Waals surface area (Å²) in [5.74, 6) is 0. The number of rotatable bonds is 1. The average molecular weight is 164 g/mol. The van der Waals surface area contributed by atoms with E-state index in [9.17, 15) is 0 Å². The Kier molecular flexibility index (Phi) is 2.88. The van der Waals surface area contributed by atoms with E-state index < -0.39 is 0 Å². The molecule has 0 saturated carbocycles. The van der Waals surface area contributed by atoms with Crippen molar-refractivity contribution in [1.82, 2.24) is 0 Å². The number of ether oxygens (including phenoxy) is 1. The monoisotopic (exact) mass is 164 g/mol. The first-order valence-corrected chi connectivity index (χ1v) is 4.51. The van der Waals surface area contributed by atoms with Crippen LogP contribution in [0.5, 0.6) is 0 Å². The van der Waals surface area contributed by atoms with Crippen LogP contribution < -0.4 is 0 Å². The van der Waals surface area contributed by atoms with Crippen LogP contribution in [0, 0.1) is 0 Å². The molecule has 1 nitrogen and oxygen atoms in total. The second kappa shape index (κ2) is 3.72. The maximum absolute atomic E-state index is 5.28. The van der Waals surface area contributed by atoms with Crippen LogP contribution in [0.15, 0.2) is 30.3 Å². The van der Waals surface area contributed by atoms with Crippen molar-refractivity contribution in [3.63, 3.8) is 0 Å². The summed E-state index contributed by atoms with van der Waals surface area (Å²) in [5, 5.41) is 0. The van der Waals surface area contributed by atoms with Gasteiger partial charge in [-0.3, -0.25) is 0 Å². The zero-order chi connectivity index (χ0) is 9.03. The summed E-state index contributed by atoms with van der Waals surface area (Å²) in [6.07, 6.45) is 0. The minimum Gasteiger partial charge on any atom is -0.365 e. The topological polar surface area (TPSA) is 12.5 Å². The van der Waals surface area contributed by atoms with E-state index in [0.717, 1.165) is 6.61 Å². The lowest BCUT2D eigenvalue weighted by molar-refractivity contribution is 0.329. The van der Waals surface area contributed by atoms with Gasteiger partial charge in [-0.25, -0.2) is 0 Å². The SMILES string of the molecule is CC.CC1(c2ccccc2)CO1. The van der Waals surface area contributed by atoms with Crippen molar-refractivity contribution in [1.29, 1.82) is 0 Å². The fraction of sp³-hybridized carbons (Fsp3) is 0.455. The number of benzene rings is 1. The molecular formula is C11H16O. The van der Waals surface area contributed by atoms with Crippen molar-refractivity contribution in [3.05, 3.63) is 35.9 Å². The van der Waals surface area contributed by atoms with Crippen molar-refractivity contribution < 1.29 is 4.74 Å². The maximum Gasteiger partial charge on any atom is 0.114 e. The normalized spacial score (nSPS) is 25.6. The molecule has 1 saturated heterocycles. The van der Waals surface area contributed by atoms with Crippen LogP contribution in [0.2, 0.25) is 0 Å². The molecular weight excluding hydrogens is 148 g/mol. The van der Waals surface area contributed by atoms with Gasteiger partial charge in [0.15, 0.2) is 0 Å². The highest BCUT2D eigenvalue weighted by Gasteiger charge is 2.40. The first kappa shape index (κ1) is 9.27. The van der Waals surface area contributed by atoms with E-state index in [4.69, 9.17) is 4.74 Å². The molecule has 0 amide bonds. The molecule has 12 heavy (non-hydrogen) atoms. The molecule has 1 aliphatic heterocycles. The van der Waals surface area contributed by atoms with Gasteiger partial charge in [0.05, 0.1) is 6.61 Å². The van der Waals surface area contributed by atoms with Crippen LogP contribution in [-0.4, -0.2) is 6.61 Å². The Hall–Kier alpha value is -0.820. The van der Waals surface area contributed by atoms with Crippen molar-refractivity contribution >= 4 is 0 Å². The highest BCUT2D eigenvalue weighted by atomic mass is 16.6. The third kappa shape index (κ3) is 1.86. The molecule has 1 unspecified atom stereocenters. The molecule has 0 aromatic heterocycles. The lowest BCUT2D eigenvalue weighted by Crippen LogP contribution is -2.00. The predicted molar refractivity (Wildman–Crippen MR) is 51.1 cm³/mol. The molecule has 0 N–H and O–H groups in total. The molecule has 1 aromatic rings. The molecule has 1 atom stereocenters. The van der Waals surface area contributed by atoms with Crippen LogP contribution in [-0.2, 0) is 10.3 Å². The molecule has 1 fully saturated rings. The van der Waals surface area contributed by atoms with Crippen LogP contribution in [0.1, 0.15) is 26.3 Å². The van der Waals surface area contributed by atoms with Gasteiger partial charge >= 0.3 is 0 Å². The lowest BCUT2D eigenvalue weighted by atomic mass is 10.0. The summed E-state index contributed by atoms with van der Waals surface area (Å²) in [6, 6.07) is 10.3. The lowest BCUT2D eigenvalue weighted by Gasteiger charge is -2.02. The van der Waals surface area contributed by atoms with Crippen molar-refractivity contribution in [2.24, 2.45) is 0 Å². The standard InChI is InChI=1S/C9H10O.C2H6/c1-9(7-10-9)8-5-3-2-4-6-8;1-2/h2-6H,7H2,1H3;1-2H3. The highest BCUT2D eigenvalue weighted by molar-refractivity contribution is 5.25. The fourth-order valence-corrected chi connectivity index (χ4v) is 1.07. The van der Waals surface area contributed by atoms with Gasteiger partial charge in [0.2, 0.25) is 0 Å². The average Bonchev–Trinajstić information content (AvgIpc) is 2.90. The Bertz CT molecular complexity index is 224. The predicted octanol–water partition coefficient (Wildman–Crippen LogP) is 2.96. The first-order chi connectivity index (χ1) is 5.81. The minimum absolute atomic E-state index is 0.0429. The molecule has 0 bridgehead atoms. The Labute approximate surface area is 74.4 Å². The van der Waals surface area contributed by atoms with Gasteiger partial charge in [-0.2, -0.15) is 0 Å². The Balaban J connectivity index is 0.000000336. The van der Waals surface area contributed by atoms with E-state index in [1.165, 1.54) is 5.56 Å². The number of hydrogen-bond acceptors (Lipinski definition) is 1. The molecule has 2 rings (SSSR count). The third-order valence-corrected chi connectivity index (χ3v) is 1.96. The highest BCUT2D eigenvalue weighted by Crippen LogP contribution is 2.37. The first-order valence-electron chi connectivity index (χ1n) is 4.51. The molecule has 1 aliphatic rings. The van der Waals surface area contributed by atoms with Gasteiger partial charge in [0, 0.05) is 0 Å². The minimum atomic E-state index is 0.0429. The van der Waals surface area contributed by atoms with Crippen LogP contribution in [0.25, 0.3) is 0 Å². The van der Waals surface area contributed by atoms with Gasteiger partial charge in [0.25, 0.3) is 0 Å². The van der Waals surface area contributed by atoms with Crippen LogP contribution >= 0.6 is 0 Å². The van der Waals surface area contributed by atoms with Crippen molar-refractivity contribution in [2.75, 3.05) is 6.61 Å². The summed E-state index contributed by atoms with van der Waals surface area (Å²) >= 11 is 0. The van der Waals surface area contributed by atoms with Crippen molar-refractivity contribution in [3.8, 4) is 0 Å². The van der Waals surface area contributed by atoms with Crippen molar-refractivity contribution in [2.45, 2.75) is 26.4 Å². The maximum atomic E-state index is 5.28. The van der Waals surface area contributed by atoms with Crippen LogP contribution in [0.3, 0.4) is 0 Å². The Morgan fingerprint density at radius 1 is 1.17 bits per heavy atom. The van der Waals surface area contributed by atoms with Gasteiger partial charge in [-0.15, -0.1) is 0 Å². The largest absolute Gasteiger partial charge is 0.365 e. The van der Waals surface area contributed by atoms with Crippen LogP contribution in [0.4, 0.5) is 0 Å². The second-order valence-corrected chi connectivity index (χ2v) is 2.89. The van der Waals surface area contributed by atoms with E-state index in [0.29, 0.717) is 0 Å². The number of epoxide rings is 1. The molecule has 66 valence electrons. The van der Waals surface area contributed by atoms with E-state index in [-0.39, 0.29) is 5.60 Å². The summed E-state index contributed by atoms with van der Waals surface area (Å²) in [6.45, 7) is 6.99.